The lowest BCUT2D eigenvalue weighted by Gasteiger charge is -2.44. The number of Topliss-reactive ketones (excluding diaryl/α,β-unsaturated/α-hetero) is 1. The third kappa shape index (κ3) is 3.18. The topological polar surface area (TPSA) is 46.6 Å². The van der Waals surface area contributed by atoms with Crippen molar-refractivity contribution in [1.82, 2.24) is 4.90 Å². The Balaban J connectivity index is 1.54. The van der Waals surface area contributed by atoms with Gasteiger partial charge in [-0.2, -0.15) is 0 Å². The second-order valence-electron chi connectivity index (χ2n) is 7.54. The number of hydrogen-bond donors (Lipinski definition) is 0. The summed E-state index contributed by atoms with van der Waals surface area (Å²) in [6.07, 6.45) is 1.73. The lowest BCUT2D eigenvalue weighted by atomic mass is 9.81. The van der Waals surface area contributed by atoms with Crippen LogP contribution in [0.2, 0.25) is 0 Å². The molecule has 27 heavy (non-hydrogen) atoms. The maximum absolute atomic E-state index is 12.8. The number of ether oxygens (including phenoxy) is 1. The highest BCUT2D eigenvalue weighted by Crippen LogP contribution is 2.42. The van der Waals surface area contributed by atoms with Crippen molar-refractivity contribution in [2.24, 2.45) is 0 Å². The largest absolute Gasteiger partial charge is 0.486 e. The van der Waals surface area contributed by atoms with E-state index in [0.717, 1.165) is 21.3 Å². The Labute approximate surface area is 167 Å². The van der Waals surface area contributed by atoms with Gasteiger partial charge in [0.1, 0.15) is 11.4 Å². The maximum atomic E-state index is 12.8. The molecule has 2 aliphatic rings. The van der Waals surface area contributed by atoms with Gasteiger partial charge in [0.05, 0.1) is 17.5 Å². The number of benzene rings is 2. The van der Waals surface area contributed by atoms with E-state index in [-0.39, 0.29) is 11.7 Å². The molecule has 5 heteroatoms. The number of likely N-dealkylation sites (tertiary alicyclic amines) is 1. The highest BCUT2D eigenvalue weighted by atomic mass is 79.9. The van der Waals surface area contributed by atoms with E-state index in [1.54, 1.807) is 0 Å². The fraction of sp³-hybridized carbons (Fsp3) is 0.364. The van der Waals surface area contributed by atoms with Gasteiger partial charge >= 0.3 is 0 Å². The van der Waals surface area contributed by atoms with Gasteiger partial charge in [0.15, 0.2) is 5.78 Å². The van der Waals surface area contributed by atoms with E-state index in [0.29, 0.717) is 43.5 Å². The highest BCUT2D eigenvalue weighted by molar-refractivity contribution is 9.10. The fourth-order valence-corrected chi connectivity index (χ4v) is 4.44. The minimum atomic E-state index is -0.493. The molecule has 1 fully saturated rings. The van der Waals surface area contributed by atoms with Gasteiger partial charge in [-0.25, -0.2) is 0 Å². The second-order valence-corrected chi connectivity index (χ2v) is 8.40. The number of rotatable bonds is 1. The summed E-state index contributed by atoms with van der Waals surface area (Å²) in [5.74, 6) is 0.897. The molecule has 2 aromatic carbocycles. The molecule has 0 aromatic heterocycles. The lowest BCUT2D eigenvalue weighted by molar-refractivity contribution is -0.00622. The summed E-state index contributed by atoms with van der Waals surface area (Å²) in [4.78, 5) is 27.4. The Morgan fingerprint density at radius 2 is 1.81 bits per heavy atom. The molecule has 4 nitrogen and oxygen atoms in total. The summed E-state index contributed by atoms with van der Waals surface area (Å²) in [5.41, 5.74) is 3.03. The molecule has 1 saturated heterocycles. The molecule has 140 valence electrons. The van der Waals surface area contributed by atoms with Crippen LogP contribution in [0.5, 0.6) is 5.75 Å². The predicted molar refractivity (Wildman–Crippen MR) is 108 cm³/mol. The minimum Gasteiger partial charge on any atom is -0.486 e. The van der Waals surface area contributed by atoms with E-state index >= 15 is 0 Å². The fourth-order valence-electron chi connectivity index (χ4n) is 3.98. The Morgan fingerprint density at radius 1 is 1.11 bits per heavy atom. The molecule has 2 heterocycles. The average molecular weight is 428 g/mol. The Bertz CT molecular complexity index is 929. The van der Waals surface area contributed by atoms with Crippen LogP contribution in [0.1, 0.15) is 51.1 Å². The number of aryl methyl sites for hydroxylation is 1. The molecule has 0 aliphatic carbocycles. The molecule has 0 unspecified atom stereocenters. The monoisotopic (exact) mass is 427 g/mol. The van der Waals surface area contributed by atoms with Crippen molar-refractivity contribution in [1.29, 1.82) is 0 Å². The summed E-state index contributed by atoms with van der Waals surface area (Å²) in [5, 5.41) is 0. The number of nitrogens with zero attached hydrogens (tertiary/aromatic N) is 1. The smallest absolute Gasteiger partial charge is 0.255 e. The number of amides is 1. The summed E-state index contributed by atoms with van der Waals surface area (Å²) >= 11 is 3.46. The van der Waals surface area contributed by atoms with E-state index in [2.05, 4.69) is 15.9 Å². The number of ketones is 1. The van der Waals surface area contributed by atoms with Crippen LogP contribution in [0.3, 0.4) is 0 Å². The number of piperidine rings is 1. The zero-order valence-electron chi connectivity index (χ0n) is 15.5. The van der Waals surface area contributed by atoms with Gasteiger partial charge in [-0.05, 0) is 59.1 Å². The molecule has 0 saturated carbocycles. The zero-order chi connectivity index (χ0) is 19.2. The van der Waals surface area contributed by atoms with Crippen molar-refractivity contribution >= 4 is 27.6 Å². The van der Waals surface area contributed by atoms with Crippen LogP contribution in [0.15, 0.2) is 40.9 Å². The number of hydrogen-bond acceptors (Lipinski definition) is 3. The van der Waals surface area contributed by atoms with Crippen LogP contribution in [0, 0.1) is 13.8 Å². The van der Waals surface area contributed by atoms with Crippen molar-refractivity contribution in [3.05, 3.63) is 63.1 Å². The number of carbonyl (C=O) groups is 2. The third-order valence-corrected chi connectivity index (χ3v) is 6.54. The molecule has 0 N–H and O–H groups in total. The van der Waals surface area contributed by atoms with E-state index in [4.69, 9.17) is 4.74 Å². The first-order chi connectivity index (χ1) is 12.9. The van der Waals surface area contributed by atoms with Crippen LogP contribution < -0.4 is 4.74 Å². The van der Waals surface area contributed by atoms with E-state index < -0.39 is 5.60 Å². The number of carbonyl (C=O) groups excluding carboxylic acids is 2. The van der Waals surface area contributed by atoms with Crippen molar-refractivity contribution in [2.75, 3.05) is 13.1 Å². The van der Waals surface area contributed by atoms with Gasteiger partial charge < -0.3 is 9.64 Å². The number of fused-ring (bicyclic) bond motifs is 1. The summed E-state index contributed by atoms with van der Waals surface area (Å²) < 4.78 is 7.24. The molecular formula is C22H22BrNO3. The lowest BCUT2D eigenvalue weighted by Crippen LogP contribution is -2.52. The molecule has 2 aliphatic heterocycles. The van der Waals surface area contributed by atoms with Crippen molar-refractivity contribution in [3.8, 4) is 5.75 Å². The molecule has 1 amide bonds. The van der Waals surface area contributed by atoms with Crippen LogP contribution in [0.25, 0.3) is 0 Å². The summed E-state index contributed by atoms with van der Waals surface area (Å²) in [6, 6.07) is 11.3. The van der Waals surface area contributed by atoms with E-state index in [1.807, 2.05) is 55.1 Å². The molecule has 0 bridgehead atoms. The molecule has 2 aromatic rings. The van der Waals surface area contributed by atoms with Crippen molar-refractivity contribution in [2.45, 2.75) is 38.7 Å². The molecule has 1 spiro atoms. The van der Waals surface area contributed by atoms with Crippen LogP contribution >= 0.6 is 15.9 Å². The third-order valence-electron chi connectivity index (χ3n) is 5.84. The predicted octanol–water partition coefficient (Wildman–Crippen LogP) is 4.71. The maximum Gasteiger partial charge on any atom is 0.255 e. The standard InChI is InChI=1S/C22H22BrNO3/c1-14-7-8-17-19(25)13-22(27-20(17)15(14)2)9-11-24(12-10-22)21(26)16-5-3-4-6-18(16)23/h3-8H,9-13H2,1-2H3. The van der Waals surface area contributed by atoms with E-state index in [9.17, 15) is 9.59 Å². The van der Waals surface area contributed by atoms with Crippen LogP contribution in [-0.4, -0.2) is 35.3 Å². The normalized spacial score (nSPS) is 18.2. The molecule has 4 rings (SSSR count). The summed E-state index contributed by atoms with van der Waals surface area (Å²) in [7, 11) is 0. The quantitative estimate of drug-likeness (QED) is 0.661. The molecule has 0 atom stereocenters. The van der Waals surface area contributed by atoms with Crippen molar-refractivity contribution in [3.63, 3.8) is 0 Å². The van der Waals surface area contributed by atoms with Gasteiger partial charge in [-0.3, -0.25) is 9.59 Å². The van der Waals surface area contributed by atoms with E-state index in [1.165, 1.54) is 0 Å². The first kappa shape index (κ1) is 18.2. The van der Waals surface area contributed by atoms with Crippen molar-refractivity contribution < 1.29 is 14.3 Å². The highest BCUT2D eigenvalue weighted by Gasteiger charge is 2.44. The first-order valence-electron chi connectivity index (χ1n) is 9.26. The molecule has 0 radical (unpaired) electrons. The van der Waals surface area contributed by atoms with Gasteiger partial charge in [-0.1, -0.05) is 18.2 Å². The first-order valence-corrected chi connectivity index (χ1v) is 10.1. The number of halogens is 1. The SMILES string of the molecule is Cc1ccc2c(c1C)OC1(CCN(C(=O)c3ccccc3Br)CC1)CC2=O. The summed E-state index contributed by atoms with van der Waals surface area (Å²) in [6.45, 7) is 5.22. The van der Waals surface area contributed by atoms with Crippen LogP contribution in [0.4, 0.5) is 0 Å². The minimum absolute atomic E-state index is 0.0203. The van der Waals surface area contributed by atoms with Gasteiger partial charge in [0.2, 0.25) is 0 Å². The Hall–Kier alpha value is -2.14. The van der Waals surface area contributed by atoms with Gasteiger partial charge in [0, 0.05) is 30.4 Å². The molecular weight excluding hydrogens is 406 g/mol. The Kier molecular flexibility index (Phi) is 4.58. The second kappa shape index (κ2) is 6.79. The average Bonchev–Trinajstić information content (AvgIpc) is 2.66. The Morgan fingerprint density at radius 3 is 2.52 bits per heavy atom. The van der Waals surface area contributed by atoms with Gasteiger partial charge in [0.25, 0.3) is 5.91 Å². The zero-order valence-corrected chi connectivity index (χ0v) is 17.1. The van der Waals surface area contributed by atoms with Crippen LogP contribution in [-0.2, 0) is 0 Å². The van der Waals surface area contributed by atoms with Gasteiger partial charge in [-0.15, -0.1) is 0 Å².